The van der Waals surface area contributed by atoms with E-state index < -0.39 is 0 Å². The van der Waals surface area contributed by atoms with E-state index in [0.29, 0.717) is 17.4 Å². The average Bonchev–Trinajstić information content (AvgIpc) is 2.86. The van der Waals surface area contributed by atoms with Crippen molar-refractivity contribution in [2.45, 2.75) is 20.8 Å². The van der Waals surface area contributed by atoms with E-state index in [0.717, 1.165) is 28.2 Å². The Bertz CT molecular complexity index is 844. The molecule has 0 amide bonds. The summed E-state index contributed by atoms with van der Waals surface area (Å²) in [6.45, 7) is 6.00. The van der Waals surface area contributed by atoms with Crippen LogP contribution >= 0.6 is 0 Å². The molecule has 0 aromatic carbocycles. The first-order chi connectivity index (χ1) is 9.93. The second-order valence-corrected chi connectivity index (χ2v) is 5.31. The number of nitrogen functional groups attached to an aromatic ring is 1. The maximum absolute atomic E-state index is 6.33. The Morgan fingerprint density at radius 1 is 1.19 bits per heavy atom. The van der Waals surface area contributed by atoms with Gasteiger partial charge in [-0.1, -0.05) is 0 Å². The van der Waals surface area contributed by atoms with Crippen molar-refractivity contribution in [3.8, 4) is 17.1 Å². The third kappa shape index (κ3) is 1.86. The van der Waals surface area contributed by atoms with Gasteiger partial charge in [0.05, 0.1) is 18.4 Å². The number of hydrogen-bond donors (Lipinski definition) is 1. The number of imidazole rings is 1. The Labute approximate surface area is 123 Å². The number of nitrogens with zero attached hydrogens (tertiary/aromatic N) is 4. The third-order valence-electron chi connectivity index (χ3n) is 3.68. The SMILES string of the molecule is COc1c(-c2nc3cc(C)cc(C)n3c2N)c(C)nn1C. The molecule has 0 unspecified atom stereocenters. The van der Waals surface area contributed by atoms with Crippen molar-refractivity contribution < 1.29 is 4.74 Å². The van der Waals surface area contributed by atoms with Crippen LogP contribution in [0.15, 0.2) is 12.1 Å². The Kier molecular flexibility index (Phi) is 2.90. The van der Waals surface area contributed by atoms with Crippen molar-refractivity contribution in [1.29, 1.82) is 0 Å². The number of methoxy groups -OCH3 is 1. The molecule has 3 heterocycles. The molecular weight excluding hydrogens is 266 g/mol. The molecule has 0 bridgehead atoms. The first kappa shape index (κ1) is 13.5. The molecule has 0 atom stereocenters. The first-order valence-electron chi connectivity index (χ1n) is 6.77. The molecule has 0 saturated carbocycles. The van der Waals surface area contributed by atoms with Gasteiger partial charge in [0.25, 0.3) is 0 Å². The highest BCUT2D eigenvalue weighted by molar-refractivity contribution is 5.80. The monoisotopic (exact) mass is 285 g/mol. The molecule has 0 spiro atoms. The van der Waals surface area contributed by atoms with E-state index in [4.69, 9.17) is 15.5 Å². The van der Waals surface area contributed by atoms with Gasteiger partial charge in [0.2, 0.25) is 5.88 Å². The second kappa shape index (κ2) is 4.51. The molecule has 0 aliphatic carbocycles. The molecule has 0 fully saturated rings. The highest BCUT2D eigenvalue weighted by Gasteiger charge is 2.22. The second-order valence-electron chi connectivity index (χ2n) is 5.31. The molecule has 21 heavy (non-hydrogen) atoms. The van der Waals surface area contributed by atoms with E-state index in [1.54, 1.807) is 11.8 Å². The van der Waals surface area contributed by atoms with Crippen molar-refractivity contribution in [3.63, 3.8) is 0 Å². The minimum atomic E-state index is 0.608. The lowest BCUT2D eigenvalue weighted by Crippen LogP contribution is -1.99. The van der Waals surface area contributed by atoms with Crippen LogP contribution in [0.1, 0.15) is 17.0 Å². The van der Waals surface area contributed by atoms with Crippen LogP contribution in [-0.4, -0.2) is 26.3 Å². The number of aromatic nitrogens is 4. The van der Waals surface area contributed by atoms with Crippen LogP contribution < -0.4 is 10.5 Å². The topological polar surface area (TPSA) is 70.4 Å². The fourth-order valence-electron chi connectivity index (χ4n) is 2.89. The summed E-state index contributed by atoms with van der Waals surface area (Å²) in [6, 6.07) is 4.10. The fourth-order valence-corrected chi connectivity index (χ4v) is 2.89. The van der Waals surface area contributed by atoms with Gasteiger partial charge in [0, 0.05) is 12.7 Å². The molecule has 110 valence electrons. The minimum absolute atomic E-state index is 0.608. The number of hydrogen-bond acceptors (Lipinski definition) is 4. The summed E-state index contributed by atoms with van der Waals surface area (Å²) in [4.78, 5) is 4.69. The van der Waals surface area contributed by atoms with Gasteiger partial charge in [-0.15, -0.1) is 0 Å². The molecule has 0 aliphatic rings. The molecule has 3 aromatic heterocycles. The first-order valence-corrected chi connectivity index (χ1v) is 6.77. The van der Waals surface area contributed by atoms with Gasteiger partial charge in [0.15, 0.2) is 0 Å². The van der Waals surface area contributed by atoms with Gasteiger partial charge in [-0.3, -0.25) is 4.40 Å². The Balaban J connectivity index is 2.37. The predicted molar refractivity (Wildman–Crippen MR) is 82.6 cm³/mol. The highest BCUT2D eigenvalue weighted by Crippen LogP contribution is 2.36. The molecule has 0 aliphatic heterocycles. The van der Waals surface area contributed by atoms with Gasteiger partial charge in [0.1, 0.15) is 17.2 Å². The van der Waals surface area contributed by atoms with E-state index in [2.05, 4.69) is 11.2 Å². The number of aryl methyl sites for hydroxylation is 4. The van der Waals surface area contributed by atoms with Crippen LogP contribution in [0.5, 0.6) is 5.88 Å². The Morgan fingerprint density at radius 2 is 1.90 bits per heavy atom. The van der Waals surface area contributed by atoms with E-state index in [1.165, 1.54) is 0 Å². The zero-order valence-electron chi connectivity index (χ0n) is 12.9. The van der Waals surface area contributed by atoms with Crippen molar-refractivity contribution >= 4 is 11.5 Å². The summed E-state index contributed by atoms with van der Waals surface area (Å²) in [6.07, 6.45) is 0. The van der Waals surface area contributed by atoms with E-state index >= 15 is 0 Å². The predicted octanol–water partition coefficient (Wildman–Crippen LogP) is 2.25. The number of rotatable bonds is 2. The largest absolute Gasteiger partial charge is 0.481 e. The van der Waals surface area contributed by atoms with Crippen LogP contribution in [0.3, 0.4) is 0 Å². The molecule has 6 heteroatoms. The number of nitrogens with two attached hydrogens (primary N) is 1. The highest BCUT2D eigenvalue weighted by atomic mass is 16.5. The van der Waals surface area contributed by atoms with E-state index in [1.807, 2.05) is 38.3 Å². The fraction of sp³-hybridized carbons (Fsp3) is 0.333. The number of ether oxygens (including phenoxy) is 1. The summed E-state index contributed by atoms with van der Waals surface area (Å²) >= 11 is 0. The summed E-state index contributed by atoms with van der Waals surface area (Å²) in [7, 11) is 3.47. The van der Waals surface area contributed by atoms with E-state index in [9.17, 15) is 0 Å². The molecular formula is C15H19N5O. The van der Waals surface area contributed by atoms with Crippen molar-refractivity contribution in [1.82, 2.24) is 19.2 Å². The van der Waals surface area contributed by atoms with Crippen LogP contribution in [-0.2, 0) is 7.05 Å². The standard InChI is InChI=1S/C15H19N5O/c1-8-6-9(2)20-11(7-8)17-13(14(20)16)12-10(3)18-19(4)15(12)21-5/h6-7H,16H2,1-5H3. The lowest BCUT2D eigenvalue weighted by molar-refractivity contribution is 0.374. The zero-order chi connectivity index (χ0) is 15.3. The lowest BCUT2D eigenvalue weighted by Gasteiger charge is -2.05. The number of fused-ring (bicyclic) bond motifs is 1. The van der Waals surface area contributed by atoms with Crippen LogP contribution in [0.2, 0.25) is 0 Å². The smallest absolute Gasteiger partial charge is 0.221 e. The molecule has 0 saturated heterocycles. The van der Waals surface area contributed by atoms with Crippen LogP contribution in [0, 0.1) is 20.8 Å². The Morgan fingerprint density at radius 3 is 2.57 bits per heavy atom. The van der Waals surface area contributed by atoms with Crippen LogP contribution in [0.4, 0.5) is 5.82 Å². The quantitative estimate of drug-likeness (QED) is 0.784. The molecule has 6 nitrogen and oxygen atoms in total. The molecule has 3 rings (SSSR count). The van der Waals surface area contributed by atoms with E-state index in [-0.39, 0.29) is 0 Å². The minimum Gasteiger partial charge on any atom is -0.481 e. The maximum Gasteiger partial charge on any atom is 0.221 e. The summed E-state index contributed by atoms with van der Waals surface area (Å²) in [5.74, 6) is 1.27. The van der Waals surface area contributed by atoms with Gasteiger partial charge < -0.3 is 10.5 Å². The molecule has 0 radical (unpaired) electrons. The number of anilines is 1. The number of pyridine rings is 1. The summed E-state index contributed by atoms with van der Waals surface area (Å²) in [5.41, 5.74) is 11.8. The van der Waals surface area contributed by atoms with Crippen molar-refractivity contribution in [3.05, 3.63) is 29.1 Å². The van der Waals surface area contributed by atoms with Crippen LogP contribution in [0.25, 0.3) is 16.9 Å². The Hall–Kier alpha value is -2.50. The van der Waals surface area contributed by atoms with Gasteiger partial charge in [-0.25, -0.2) is 9.67 Å². The van der Waals surface area contributed by atoms with Crippen molar-refractivity contribution in [2.24, 2.45) is 7.05 Å². The van der Waals surface area contributed by atoms with Gasteiger partial charge >= 0.3 is 0 Å². The normalized spacial score (nSPS) is 11.3. The van der Waals surface area contributed by atoms with Crippen molar-refractivity contribution in [2.75, 3.05) is 12.8 Å². The zero-order valence-corrected chi connectivity index (χ0v) is 12.9. The van der Waals surface area contributed by atoms with Gasteiger partial charge in [-0.2, -0.15) is 5.10 Å². The summed E-state index contributed by atoms with van der Waals surface area (Å²) < 4.78 is 9.11. The maximum atomic E-state index is 6.33. The molecule has 2 N–H and O–H groups in total. The third-order valence-corrected chi connectivity index (χ3v) is 3.68. The summed E-state index contributed by atoms with van der Waals surface area (Å²) in [5, 5.41) is 4.40. The van der Waals surface area contributed by atoms with Gasteiger partial charge in [-0.05, 0) is 38.5 Å². The lowest BCUT2D eigenvalue weighted by atomic mass is 10.2. The average molecular weight is 285 g/mol. The molecule has 3 aromatic rings.